The van der Waals surface area contributed by atoms with Gasteiger partial charge in [-0.3, -0.25) is 0 Å². The topological polar surface area (TPSA) is 70.4 Å². The Morgan fingerprint density at radius 3 is 2.95 bits per heavy atom. The first-order chi connectivity index (χ1) is 10.5. The van der Waals surface area contributed by atoms with Crippen molar-refractivity contribution in [3.05, 3.63) is 24.0 Å². The van der Waals surface area contributed by atoms with Gasteiger partial charge in [-0.1, -0.05) is 6.92 Å². The van der Waals surface area contributed by atoms with Crippen molar-refractivity contribution in [2.45, 2.75) is 26.3 Å². The molecule has 22 heavy (non-hydrogen) atoms. The molecule has 0 radical (unpaired) electrons. The first-order valence-electron chi connectivity index (χ1n) is 7.61. The van der Waals surface area contributed by atoms with Gasteiger partial charge < -0.3 is 19.9 Å². The van der Waals surface area contributed by atoms with Crippen LogP contribution in [0.25, 0.3) is 11.0 Å². The first kappa shape index (κ1) is 14.7. The fraction of sp³-hybridized carbons (Fsp3) is 0.500. The summed E-state index contributed by atoms with van der Waals surface area (Å²) in [5.74, 6) is 0.443. The Morgan fingerprint density at radius 1 is 1.45 bits per heavy atom. The van der Waals surface area contributed by atoms with E-state index in [1.54, 1.807) is 0 Å². The monoisotopic (exact) mass is 302 g/mol. The SMILES string of the molecule is Cc1cc2c(N3CC(C)CC(NC(=O)O)C3)ccnc2n1C. The highest BCUT2D eigenvalue weighted by Crippen LogP contribution is 2.30. The molecule has 0 aliphatic carbocycles. The van der Waals surface area contributed by atoms with Crippen molar-refractivity contribution < 1.29 is 9.90 Å². The highest BCUT2D eigenvalue weighted by Gasteiger charge is 2.27. The van der Waals surface area contributed by atoms with E-state index >= 15 is 0 Å². The first-order valence-corrected chi connectivity index (χ1v) is 7.61. The summed E-state index contributed by atoms with van der Waals surface area (Å²) in [6.45, 7) is 5.87. The summed E-state index contributed by atoms with van der Waals surface area (Å²) in [5.41, 5.74) is 3.27. The second kappa shape index (κ2) is 5.51. The lowest BCUT2D eigenvalue weighted by Gasteiger charge is -2.38. The summed E-state index contributed by atoms with van der Waals surface area (Å²) >= 11 is 0. The van der Waals surface area contributed by atoms with Crippen LogP contribution in [0.2, 0.25) is 0 Å². The quantitative estimate of drug-likeness (QED) is 0.893. The summed E-state index contributed by atoms with van der Waals surface area (Å²) in [7, 11) is 2.02. The second-order valence-corrected chi connectivity index (χ2v) is 6.30. The molecule has 2 aromatic heterocycles. The summed E-state index contributed by atoms with van der Waals surface area (Å²) < 4.78 is 2.08. The average Bonchev–Trinajstić information content (AvgIpc) is 2.73. The molecule has 6 nitrogen and oxygen atoms in total. The minimum Gasteiger partial charge on any atom is -0.465 e. The van der Waals surface area contributed by atoms with Crippen molar-refractivity contribution in [3.63, 3.8) is 0 Å². The molecule has 3 heterocycles. The lowest BCUT2D eigenvalue weighted by molar-refractivity contribution is 0.186. The smallest absolute Gasteiger partial charge is 0.404 e. The van der Waals surface area contributed by atoms with Crippen LogP contribution in [-0.2, 0) is 7.05 Å². The van der Waals surface area contributed by atoms with E-state index in [1.807, 2.05) is 19.3 Å². The number of aryl methyl sites for hydroxylation is 2. The van der Waals surface area contributed by atoms with Gasteiger partial charge in [-0.15, -0.1) is 0 Å². The van der Waals surface area contributed by atoms with Crippen LogP contribution >= 0.6 is 0 Å². The fourth-order valence-electron chi connectivity index (χ4n) is 3.43. The number of carboxylic acid groups (broad SMARTS) is 1. The summed E-state index contributed by atoms with van der Waals surface area (Å²) in [5, 5.41) is 12.7. The van der Waals surface area contributed by atoms with E-state index in [-0.39, 0.29) is 6.04 Å². The number of amides is 1. The van der Waals surface area contributed by atoms with Gasteiger partial charge in [0.25, 0.3) is 0 Å². The summed E-state index contributed by atoms with van der Waals surface area (Å²) in [6.07, 6.45) is 1.76. The maximum Gasteiger partial charge on any atom is 0.404 e. The van der Waals surface area contributed by atoms with Crippen molar-refractivity contribution in [1.82, 2.24) is 14.9 Å². The lowest BCUT2D eigenvalue weighted by atomic mass is 9.95. The number of hydrogen-bond donors (Lipinski definition) is 2. The third kappa shape index (κ3) is 2.61. The van der Waals surface area contributed by atoms with Crippen LogP contribution in [0.15, 0.2) is 18.3 Å². The molecular weight excluding hydrogens is 280 g/mol. The zero-order valence-corrected chi connectivity index (χ0v) is 13.2. The largest absolute Gasteiger partial charge is 0.465 e. The molecule has 0 bridgehead atoms. The Labute approximate surface area is 129 Å². The van der Waals surface area contributed by atoms with Crippen molar-refractivity contribution in [2.24, 2.45) is 13.0 Å². The van der Waals surface area contributed by atoms with Gasteiger partial charge in [0.2, 0.25) is 0 Å². The summed E-state index contributed by atoms with van der Waals surface area (Å²) in [6, 6.07) is 4.14. The zero-order valence-electron chi connectivity index (χ0n) is 13.2. The highest BCUT2D eigenvalue weighted by molar-refractivity contribution is 5.91. The van der Waals surface area contributed by atoms with Crippen LogP contribution in [0.4, 0.5) is 10.5 Å². The minimum atomic E-state index is -0.950. The van der Waals surface area contributed by atoms with Gasteiger partial charge in [-0.05, 0) is 31.4 Å². The van der Waals surface area contributed by atoms with Gasteiger partial charge in [0, 0.05) is 49.1 Å². The van der Waals surface area contributed by atoms with Crippen molar-refractivity contribution in [3.8, 4) is 0 Å². The van der Waals surface area contributed by atoms with Crippen LogP contribution in [0.3, 0.4) is 0 Å². The van der Waals surface area contributed by atoms with Gasteiger partial charge in [0.05, 0.1) is 0 Å². The normalized spacial score (nSPS) is 22.0. The molecule has 0 saturated carbocycles. The Kier molecular flexibility index (Phi) is 3.68. The van der Waals surface area contributed by atoms with Gasteiger partial charge in [0.15, 0.2) is 0 Å². The summed E-state index contributed by atoms with van der Waals surface area (Å²) in [4.78, 5) is 17.7. The molecule has 6 heteroatoms. The number of fused-ring (bicyclic) bond motifs is 1. The predicted octanol–water partition coefficient (Wildman–Crippen LogP) is 2.36. The number of anilines is 1. The van der Waals surface area contributed by atoms with E-state index in [0.29, 0.717) is 12.5 Å². The fourth-order valence-corrected chi connectivity index (χ4v) is 3.43. The van der Waals surface area contributed by atoms with Gasteiger partial charge in [-0.2, -0.15) is 0 Å². The number of nitrogens with zero attached hydrogens (tertiary/aromatic N) is 3. The van der Waals surface area contributed by atoms with Crippen LogP contribution in [0, 0.1) is 12.8 Å². The third-order valence-electron chi connectivity index (χ3n) is 4.47. The molecule has 118 valence electrons. The van der Waals surface area contributed by atoms with Crippen molar-refractivity contribution in [2.75, 3.05) is 18.0 Å². The number of hydrogen-bond acceptors (Lipinski definition) is 3. The third-order valence-corrected chi connectivity index (χ3v) is 4.47. The van der Waals surface area contributed by atoms with Gasteiger partial charge >= 0.3 is 6.09 Å². The Morgan fingerprint density at radius 2 is 2.23 bits per heavy atom. The standard InChI is InChI=1S/C16H22N4O2/c1-10-6-12(18-16(21)22)9-20(8-10)14-4-5-17-15-13(14)7-11(2)19(15)3/h4-5,7,10,12,18H,6,8-9H2,1-3H3,(H,21,22). The molecule has 1 fully saturated rings. The number of rotatable bonds is 2. The van der Waals surface area contributed by atoms with E-state index in [1.165, 1.54) is 5.69 Å². The van der Waals surface area contributed by atoms with Crippen molar-refractivity contribution in [1.29, 1.82) is 0 Å². The molecule has 1 aliphatic heterocycles. The number of carbonyl (C=O) groups is 1. The number of nitrogens with one attached hydrogen (secondary N) is 1. The molecule has 2 atom stereocenters. The maximum absolute atomic E-state index is 10.9. The molecule has 3 rings (SSSR count). The Balaban J connectivity index is 1.96. The average molecular weight is 302 g/mol. The molecule has 1 aliphatic rings. The number of aromatic nitrogens is 2. The number of pyridine rings is 1. The molecule has 0 spiro atoms. The van der Waals surface area contributed by atoms with Gasteiger partial charge in [-0.25, -0.2) is 9.78 Å². The minimum absolute atomic E-state index is 0.0331. The van der Waals surface area contributed by atoms with Crippen LogP contribution in [0.1, 0.15) is 19.0 Å². The van der Waals surface area contributed by atoms with E-state index in [0.717, 1.165) is 29.7 Å². The van der Waals surface area contributed by atoms with Crippen LogP contribution < -0.4 is 10.2 Å². The highest BCUT2D eigenvalue weighted by atomic mass is 16.4. The Bertz CT molecular complexity index is 709. The molecular formula is C16H22N4O2. The number of piperidine rings is 1. The van der Waals surface area contributed by atoms with Crippen LogP contribution in [0.5, 0.6) is 0 Å². The van der Waals surface area contributed by atoms with E-state index in [2.05, 4.69) is 39.7 Å². The van der Waals surface area contributed by atoms with E-state index in [4.69, 9.17) is 5.11 Å². The lowest BCUT2D eigenvalue weighted by Crippen LogP contribution is -2.50. The molecule has 1 saturated heterocycles. The molecule has 2 unspecified atom stereocenters. The Hall–Kier alpha value is -2.24. The maximum atomic E-state index is 10.9. The van der Waals surface area contributed by atoms with E-state index in [9.17, 15) is 4.79 Å². The molecule has 2 aromatic rings. The van der Waals surface area contributed by atoms with Crippen LogP contribution in [-0.4, -0.2) is 39.9 Å². The van der Waals surface area contributed by atoms with Gasteiger partial charge in [0.1, 0.15) is 5.65 Å². The zero-order chi connectivity index (χ0) is 15.9. The van der Waals surface area contributed by atoms with E-state index < -0.39 is 6.09 Å². The molecule has 0 aromatic carbocycles. The molecule has 2 N–H and O–H groups in total. The predicted molar refractivity (Wildman–Crippen MR) is 86.4 cm³/mol. The second-order valence-electron chi connectivity index (χ2n) is 6.30. The van der Waals surface area contributed by atoms with Crippen molar-refractivity contribution >= 4 is 22.8 Å². The molecule has 1 amide bonds.